The molecule has 2 atom stereocenters. The first kappa shape index (κ1) is 23.2. The van der Waals surface area contributed by atoms with Crippen LogP contribution in [0.1, 0.15) is 76.3 Å². The zero-order chi connectivity index (χ0) is 18.9. The molecule has 2 unspecified atom stereocenters. The molecule has 0 heterocycles. The molecule has 3 rings (SSSR count). The number of benzene rings is 1. The summed E-state index contributed by atoms with van der Waals surface area (Å²) < 4.78 is 0. The molecule has 1 aliphatic carbocycles. The summed E-state index contributed by atoms with van der Waals surface area (Å²) in [6, 6.07) is 4.64. The molecule has 0 fully saturated rings. The molecular weight excluding hydrogens is 479 g/mol. The average molecular weight is 513 g/mol. The van der Waals surface area contributed by atoms with E-state index in [-0.39, 0.29) is 25.8 Å². The molecule has 1 heteroatoms. The molecule has 0 radical (unpaired) electrons. The molecule has 0 aromatic heterocycles. The van der Waals surface area contributed by atoms with E-state index in [4.69, 9.17) is 0 Å². The fraction of sp³-hybridized carbons (Fsp3) is 0.480. The van der Waals surface area contributed by atoms with E-state index < -0.39 is 0 Å². The Bertz CT molecular complexity index is 709. The Kier molecular flexibility index (Phi) is 8.39. The molecular formula is C25H34Hf-2. The summed E-state index contributed by atoms with van der Waals surface area (Å²) >= 11 is 0. The maximum atomic E-state index is 3.50. The van der Waals surface area contributed by atoms with Crippen molar-refractivity contribution in [3.63, 3.8) is 0 Å². The van der Waals surface area contributed by atoms with E-state index in [0.717, 1.165) is 0 Å². The number of fused-ring (bicyclic) bond motifs is 1. The Hall–Kier alpha value is -0.820. The number of allylic oxidation sites excluding steroid dienone is 1. The second-order valence-electron chi connectivity index (χ2n) is 7.86. The molecule has 0 spiro atoms. The van der Waals surface area contributed by atoms with Crippen molar-refractivity contribution in [2.45, 2.75) is 74.7 Å². The molecule has 0 aliphatic heterocycles. The minimum atomic E-state index is 0. The van der Waals surface area contributed by atoms with Gasteiger partial charge in [0.1, 0.15) is 0 Å². The monoisotopic (exact) mass is 514 g/mol. The smallest absolute Gasteiger partial charge is 0 e. The van der Waals surface area contributed by atoms with Crippen molar-refractivity contribution in [2.24, 2.45) is 5.92 Å². The zero-order valence-electron chi connectivity index (χ0n) is 18.1. The van der Waals surface area contributed by atoms with E-state index in [1.807, 2.05) is 0 Å². The van der Waals surface area contributed by atoms with Crippen molar-refractivity contribution in [3.05, 3.63) is 68.3 Å². The second kappa shape index (κ2) is 9.40. The van der Waals surface area contributed by atoms with Gasteiger partial charge in [0.15, 0.2) is 0 Å². The van der Waals surface area contributed by atoms with Gasteiger partial charge in [-0.3, -0.25) is 6.08 Å². The van der Waals surface area contributed by atoms with Crippen LogP contribution in [0.15, 0.2) is 12.1 Å². The Morgan fingerprint density at radius 3 is 1.88 bits per heavy atom. The van der Waals surface area contributed by atoms with Crippen LogP contribution < -0.4 is 0 Å². The van der Waals surface area contributed by atoms with Gasteiger partial charge in [0.2, 0.25) is 0 Å². The van der Waals surface area contributed by atoms with Crippen LogP contribution in [0.5, 0.6) is 0 Å². The fourth-order valence-corrected chi connectivity index (χ4v) is 3.64. The van der Waals surface area contributed by atoms with E-state index >= 15 is 0 Å². The summed E-state index contributed by atoms with van der Waals surface area (Å²) in [6.45, 7) is 19.9. The Morgan fingerprint density at radius 2 is 1.46 bits per heavy atom. The molecule has 0 saturated carbocycles. The molecule has 2 aromatic carbocycles. The standard InChI is InChI=1S/C15H19.C10H15.Hf/c1-5-10(2)14-7-6-13-8-11(3)12(4)9-15(13)14;1-6-7(2)9(4)10(5)8(6)3;/h6,8-10,14H,5H2,1-4H3;1-5H3;/q2*-1;. The summed E-state index contributed by atoms with van der Waals surface area (Å²) in [5, 5.41) is 0. The first-order chi connectivity index (χ1) is 11.7. The third-order valence-corrected chi connectivity index (χ3v) is 6.48. The van der Waals surface area contributed by atoms with Crippen LogP contribution in [-0.2, 0) is 25.8 Å². The molecule has 0 N–H and O–H groups in total. The summed E-state index contributed by atoms with van der Waals surface area (Å²) in [4.78, 5) is 0. The predicted octanol–water partition coefficient (Wildman–Crippen LogP) is 7.21. The van der Waals surface area contributed by atoms with Gasteiger partial charge in [-0.15, -0.1) is 11.6 Å². The molecule has 0 nitrogen and oxygen atoms in total. The van der Waals surface area contributed by atoms with Gasteiger partial charge in [0.05, 0.1) is 0 Å². The van der Waals surface area contributed by atoms with Gasteiger partial charge in [-0.2, -0.15) is 33.4 Å². The minimum absolute atomic E-state index is 0. The topological polar surface area (TPSA) is 0 Å². The van der Waals surface area contributed by atoms with Gasteiger partial charge >= 0.3 is 0 Å². The van der Waals surface area contributed by atoms with Gasteiger partial charge in [-0.05, 0) is 13.8 Å². The van der Waals surface area contributed by atoms with Crippen LogP contribution in [0, 0.1) is 60.5 Å². The minimum Gasteiger partial charge on any atom is -0.268 e. The van der Waals surface area contributed by atoms with Gasteiger partial charge in [0, 0.05) is 25.8 Å². The number of hydrogen-bond donors (Lipinski definition) is 0. The van der Waals surface area contributed by atoms with Gasteiger partial charge in [0.25, 0.3) is 0 Å². The van der Waals surface area contributed by atoms with Crippen molar-refractivity contribution in [1.29, 1.82) is 0 Å². The summed E-state index contributed by atoms with van der Waals surface area (Å²) in [6.07, 6.45) is 6.89. The van der Waals surface area contributed by atoms with Crippen LogP contribution in [0.2, 0.25) is 0 Å². The third kappa shape index (κ3) is 4.53. The van der Waals surface area contributed by atoms with E-state index in [1.54, 1.807) is 0 Å². The SMILES string of the molecule is CCC(C)C1[C-]=Cc2cc(C)c(C)cc21.Cc1c(C)c(C)[c-](C)c1C.[Hf]. The summed E-state index contributed by atoms with van der Waals surface area (Å²) in [5.41, 5.74) is 13.0. The third-order valence-electron chi connectivity index (χ3n) is 6.48. The maximum Gasteiger partial charge on any atom is 0 e. The largest absolute Gasteiger partial charge is 0.268 e. The van der Waals surface area contributed by atoms with Crippen LogP contribution in [0.25, 0.3) is 6.08 Å². The van der Waals surface area contributed by atoms with Crippen molar-refractivity contribution < 1.29 is 25.8 Å². The molecule has 0 saturated heterocycles. The molecule has 2 aromatic rings. The summed E-state index contributed by atoms with van der Waals surface area (Å²) in [7, 11) is 0. The molecule has 1 aliphatic rings. The number of rotatable bonds is 2. The first-order valence-corrected chi connectivity index (χ1v) is 9.59. The van der Waals surface area contributed by atoms with E-state index in [2.05, 4.69) is 86.6 Å². The van der Waals surface area contributed by atoms with Gasteiger partial charge < -0.3 is 0 Å². The van der Waals surface area contributed by atoms with Crippen molar-refractivity contribution in [3.8, 4) is 0 Å². The predicted molar refractivity (Wildman–Crippen MR) is 112 cm³/mol. The fourth-order valence-electron chi connectivity index (χ4n) is 3.64. The van der Waals surface area contributed by atoms with Crippen molar-refractivity contribution in [2.75, 3.05) is 0 Å². The van der Waals surface area contributed by atoms with Gasteiger partial charge in [-0.1, -0.05) is 83.9 Å². The maximum absolute atomic E-state index is 3.50. The van der Waals surface area contributed by atoms with Crippen LogP contribution in [0.3, 0.4) is 0 Å². The quantitative estimate of drug-likeness (QED) is 0.294. The van der Waals surface area contributed by atoms with E-state index in [9.17, 15) is 0 Å². The molecule has 0 bridgehead atoms. The van der Waals surface area contributed by atoms with E-state index in [0.29, 0.717) is 11.8 Å². The zero-order valence-corrected chi connectivity index (χ0v) is 21.7. The van der Waals surface area contributed by atoms with E-state index in [1.165, 1.54) is 56.5 Å². The second-order valence-corrected chi connectivity index (χ2v) is 7.86. The molecule has 0 amide bonds. The normalized spacial score (nSPS) is 15.8. The first-order valence-electron chi connectivity index (χ1n) is 9.59. The molecule has 140 valence electrons. The van der Waals surface area contributed by atoms with Gasteiger partial charge in [-0.25, -0.2) is 6.08 Å². The Morgan fingerprint density at radius 1 is 0.962 bits per heavy atom. The number of aryl methyl sites for hydroxylation is 2. The van der Waals surface area contributed by atoms with Crippen LogP contribution >= 0.6 is 0 Å². The number of hydrogen-bond acceptors (Lipinski definition) is 0. The molecule has 26 heavy (non-hydrogen) atoms. The van der Waals surface area contributed by atoms with Crippen molar-refractivity contribution >= 4 is 6.08 Å². The van der Waals surface area contributed by atoms with Crippen LogP contribution in [-0.4, -0.2) is 0 Å². The van der Waals surface area contributed by atoms with Crippen LogP contribution in [0.4, 0.5) is 0 Å². The Labute approximate surface area is 180 Å². The average Bonchev–Trinajstić information content (AvgIpc) is 3.07. The summed E-state index contributed by atoms with van der Waals surface area (Å²) in [5.74, 6) is 1.22. The van der Waals surface area contributed by atoms with Crippen molar-refractivity contribution in [1.82, 2.24) is 0 Å². The Balaban J connectivity index is 0.000000270.